The highest BCUT2D eigenvalue weighted by atomic mass is 19.3. The SMILES string of the molecule is O=C(O)[C@@H]1CC[C@H](C(F)F)N1. The molecule has 0 amide bonds. The minimum absolute atomic E-state index is 0.245. The first-order valence-electron chi connectivity index (χ1n) is 3.38. The van der Waals surface area contributed by atoms with Gasteiger partial charge in [0.1, 0.15) is 6.04 Å². The van der Waals surface area contributed by atoms with Gasteiger partial charge < -0.3 is 5.11 Å². The zero-order valence-electron chi connectivity index (χ0n) is 5.76. The van der Waals surface area contributed by atoms with Gasteiger partial charge in [0.15, 0.2) is 0 Å². The van der Waals surface area contributed by atoms with Crippen LogP contribution in [0.25, 0.3) is 0 Å². The average Bonchev–Trinajstić information content (AvgIpc) is 2.33. The van der Waals surface area contributed by atoms with Crippen molar-refractivity contribution in [2.24, 2.45) is 0 Å². The maximum absolute atomic E-state index is 11.9. The molecule has 0 aromatic carbocycles. The van der Waals surface area contributed by atoms with E-state index in [4.69, 9.17) is 5.11 Å². The molecule has 5 heteroatoms. The predicted octanol–water partition coefficient (Wildman–Crippen LogP) is 0.457. The molecule has 1 fully saturated rings. The summed E-state index contributed by atoms with van der Waals surface area (Å²) in [5, 5.41) is 10.7. The summed E-state index contributed by atoms with van der Waals surface area (Å²) in [6.07, 6.45) is -1.92. The van der Waals surface area contributed by atoms with Crippen molar-refractivity contribution in [3.63, 3.8) is 0 Å². The molecule has 1 saturated heterocycles. The van der Waals surface area contributed by atoms with Gasteiger partial charge >= 0.3 is 5.97 Å². The number of carboxylic acid groups (broad SMARTS) is 1. The lowest BCUT2D eigenvalue weighted by Gasteiger charge is -2.09. The van der Waals surface area contributed by atoms with Gasteiger partial charge in [-0.1, -0.05) is 0 Å². The Morgan fingerprint density at radius 2 is 2.18 bits per heavy atom. The highest BCUT2D eigenvalue weighted by Gasteiger charge is 2.33. The van der Waals surface area contributed by atoms with Crippen LogP contribution in [0, 0.1) is 0 Å². The fourth-order valence-electron chi connectivity index (χ4n) is 1.16. The minimum atomic E-state index is -2.46. The average molecular weight is 165 g/mol. The van der Waals surface area contributed by atoms with E-state index in [-0.39, 0.29) is 6.42 Å². The maximum atomic E-state index is 11.9. The van der Waals surface area contributed by atoms with Gasteiger partial charge in [-0.15, -0.1) is 0 Å². The molecule has 2 atom stereocenters. The Morgan fingerprint density at radius 3 is 2.45 bits per heavy atom. The zero-order chi connectivity index (χ0) is 8.43. The second kappa shape index (κ2) is 3.13. The molecule has 64 valence electrons. The summed E-state index contributed by atoms with van der Waals surface area (Å²) in [4.78, 5) is 10.3. The van der Waals surface area contributed by atoms with Crippen molar-refractivity contribution in [2.75, 3.05) is 0 Å². The van der Waals surface area contributed by atoms with Crippen LogP contribution in [-0.2, 0) is 4.79 Å². The third-order valence-corrected chi connectivity index (χ3v) is 1.78. The van der Waals surface area contributed by atoms with Crippen molar-refractivity contribution in [3.05, 3.63) is 0 Å². The molecule has 0 spiro atoms. The van der Waals surface area contributed by atoms with E-state index >= 15 is 0 Å². The van der Waals surface area contributed by atoms with E-state index in [1.165, 1.54) is 0 Å². The summed E-state index contributed by atoms with van der Waals surface area (Å²) in [6.45, 7) is 0. The predicted molar refractivity (Wildman–Crippen MR) is 33.6 cm³/mol. The van der Waals surface area contributed by atoms with Crippen molar-refractivity contribution in [1.29, 1.82) is 0 Å². The van der Waals surface area contributed by atoms with Crippen LogP contribution in [0.4, 0.5) is 8.78 Å². The summed E-state index contributed by atoms with van der Waals surface area (Å²) < 4.78 is 23.8. The second-order valence-corrected chi connectivity index (χ2v) is 2.58. The molecule has 0 aromatic rings. The van der Waals surface area contributed by atoms with Crippen LogP contribution >= 0.6 is 0 Å². The van der Waals surface area contributed by atoms with Gasteiger partial charge in [0.25, 0.3) is 6.43 Å². The number of halogens is 2. The molecule has 11 heavy (non-hydrogen) atoms. The van der Waals surface area contributed by atoms with Crippen molar-refractivity contribution < 1.29 is 18.7 Å². The molecule has 3 nitrogen and oxygen atoms in total. The molecule has 1 aliphatic heterocycles. The van der Waals surface area contributed by atoms with E-state index in [9.17, 15) is 13.6 Å². The van der Waals surface area contributed by atoms with Gasteiger partial charge in [0, 0.05) is 0 Å². The second-order valence-electron chi connectivity index (χ2n) is 2.58. The molecule has 1 heterocycles. The molecule has 1 aliphatic rings. The first-order valence-corrected chi connectivity index (χ1v) is 3.38. The van der Waals surface area contributed by atoms with Crippen molar-refractivity contribution >= 4 is 5.97 Å². The summed E-state index contributed by atoms with van der Waals surface area (Å²) in [6, 6.07) is -1.72. The molecule has 0 saturated carbocycles. The van der Waals surface area contributed by atoms with E-state index in [0.717, 1.165) is 0 Å². The number of aliphatic carboxylic acids is 1. The van der Waals surface area contributed by atoms with E-state index < -0.39 is 24.5 Å². The molecular formula is C6H9F2NO2. The number of rotatable bonds is 2. The monoisotopic (exact) mass is 165 g/mol. The van der Waals surface area contributed by atoms with E-state index in [2.05, 4.69) is 5.32 Å². The fraction of sp³-hybridized carbons (Fsp3) is 0.833. The van der Waals surface area contributed by atoms with Gasteiger partial charge in [-0.05, 0) is 12.8 Å². The zero-order valence-corrected chi connectivity index (χ0v) is 5.76. The summed E-state index contributed by atoms with van der Waals surface area (Å²) in [5.74, 6) is -1.05. The highest BCUT2D eigenvalue weighted by molar-refractivity contribution is 5.73. The smallest absolute Gasteiger partial charge is 0.320 e. The van der Waals surface area contributed by atoms with Crippen molar-refractivity contribution in [1.82, 2.24) is 5.32 Å². The van der Waals surface area contributed by atoms with Gasteiger partial charge in [-0.3, -0.25) is 10.1 Å². The van der Waals surface area contributed by atoms with E-state index in [0.29, 0.717) is 6.42 Å². The number of nitrogens with one attached hydrogen (secondary N) is 1. The summed E-state index contributed by atoms with van der Waals surface area (Å²) in [5.41, 5.74) is 0. The first-order chi connectivity index (χ1) is 5.11. The molecule has 0 aromatic heterocycles. The first kappa shape index (κ1) is 8.39. The normalized spacial score (nSPS) is 31.2. The number of carboxylic acids is 1. The topological polar surface area (TPSA) is 49.3 Å². The Morgan fingerprint density at radius 1 is 1.55 bits per heavy atom. The van der Waals surface area contributed by atoms with Crippen LogP contribution in [0.15, 0.2) is 0 Å². The quantitative estimate of drug-likeness (QED) is 0.624. The third-order valence-electron chi connectivity index (χ3n) is 1.78. The minimum Gasteiger partial charge on any atom is -0.480 e. The molecule has 0 aliphatic carbocycles. The fourth-order valence-corrected chi connectivity index (χ4v) is 1.16. The molecule has 2 N–H and O–H groups in total. The number of hydrogen-bond acceptors (Lipinski definition) is 2. The molecule has 1 rings (SSSR count). The standard InChI is InChI=1S/C6H9F2NO2/c7-5(8)3-1-2-4(9-3)6(10)11/h3-5,9H,1-2H2,(H,10,11)/t3-,4+/m1/s1. The van der Waals surface area contributed by atoms with Gasteiger partial charge in [0.05, 0.1) is 6.04 Å². The lowest BCUT2D eigenvalue weighted by atomic mass is 10.2. The van der Waals surface area contributed by atoms with Crippen LogP contribution in [0.2, 0.25) is 0 Å². The maximum Gasteiger partial charge on any atom is 0.320 e. The lowest BCUT2D eigenvalue weighted by Crippen LogP contribution is -2.38. The number of hydrogen-bond donors (Lipinski definition) is 2. The highest BCUT2D eigenvalue weighted by Crippen LogP contribution is 2.17. The van der Waals surface area contributed by atoms with Crippen LogP contribution < -0.4 is 5.32 Å². The van der Waals surface area contributed by atoms with Gasteiger partial charge in [0.2, 0.25) is 0 Å². The molecule has 0 bridgehead atoms. The van der Waals surface area contributed by atoms with E-state index in [1.807, 2.05) is 0 Å². The Bertz CT molecular complexity index is 163. The Hall–Kier alpha value is -0.710. The van der Waals surface area contributed by atoms with E-state index in [1.54, 1.807) is 0 Å². The Balaban J connectivity index is 2.41. The Kier molecular flexibility index (Phi) is 2.38. The largest absolute Gasteiger partial charge is 0.480 e. The van der Waals surface area contributed by atoms with Gasteiger partial charge in [-0.2, -0.15) is 0 Å². The third kappa shape index (κ3) is 1.86. The van der Waals surface area contributed by atoms with Crippen LogP contribution in [0.1, 0.15) is 12.8 Å². The summed E-state index contributed by atoms with van der Waals surface area (Å²) in [7, 11) is 0. The van der Waals surface area contributed by atoms with Gasteiger partial charge in [-0.25, -0.2) is 8.78 Å². The molecular weight excluding hydrogens is 156 g/mol. The molecule has 0 unspecified atom stereocenters. The van der Waals surface area contributed by atoms with Crippen LogP contribution in [-0.4, -0.2) is 29.6 Å². The number of alkyl halides is 2. The van der Waals surface area contributed by atoms with Crippen LogP contribution in [0.3, 0.4) is 0 Å². The van der Waals surface area contributed by atoms with Crippen LogP contribution in [0.5, 0.6) is 0 Å². The molecule has 0 radical (unpaired) electrons. The lowest BCUT2D eigenvalue weighted by molar-refractivity contribution is -0.139. The van der Waals surface area contributed by atoms with Crippen molar-refractivity contribution in [3.8, 4) is 0 Å². The summed E-state index contributed by atoms with van der Waals surface area (Å²) >= 11 is 0. The number of carbonyl (C=O) groups is 1. The Labute approximate surface area is 62.4 Å². The van der Waals surface area contributed by atoms with Crippen molar-refractivity contribution in [2.45, 2.75) is 31.4 Å².